The van der Waals surface area contributed by atoms with Crippen LogP contribution in [0.1, 0.15) is 87.1 Å². The summed E-state index contributed by atoms with van der Waals surface area (Å²) in [5.74, 6) is 1.92. The number of aromatic nitrogens is 2. The third-order valence-electron chi connectivity index (χ3n) is 7.95. The van der Waals surface area contributed by atoms with Crippen LogP contribution in [0.2, 0.25) is 0 Å². The summed E-state index contributed by atoms with van der Waals surface area (Å²) in [5, 5.41) is 11.8. The molecule has 1 N–H and O–H groups in total. The van der Waals surface area contributed by atoms with E-state index in [0.717, 1.165) is 37.3 Å². The minimum absolute atomic E-state index is 0.310. The van der Waals surface area contributed by atoms with Crippen LogP contribution >= 0.6 is 0 Å². The fourth-order valence-corrected chi connectivity index (χ4v) is 6.30. The van der Waals surface area contributed by atoms with Gasteiger partial charge in [0.15, 0.2) is 0 Å². The molecule has 160 valence electrons. The van der Waals surface area contributed by atoms with Crippen molar-refractivity contribution in [2.75, 3.05) is 6.54 Å². The second-order valence-electron chi connectivity index (χ2n) is 9.75. The highest BCUT2D eigenvalue weighted by molar-refractivity contribution is 5.25. The van der Waals surface area contributed by atoms with E-state index in [1.807, 2.05) is 6.07 Å². The molecular weight excluding hydrogens is 370 g/mol. The Hall–Kier alpha value is -1.78. The second-order valence-corrected chi connectivity index (χ2v) is 9.75. The fourth-order valence-electron chi connectivity index (χ4n) is 6.30. The quantitative estimate of drug-likeness (QED) is 0.762. The Morgan fingerprint density at radius 2 is 1.60 bits per heavy atom. The first-order valence-electron chi connectivity index (χ1n) is 12.1. The number of likely N-dealkylation sites (tertiary alicyclic amines) is 1. The number of hydrogen-bond acceptors (Lipinski definition) is 4. The van der Waals surface area contributed by atoms with Gasteiger partial charge in [0.2, 0.25) is 0 Å². The molecule has 0 amide bonds. The Morgan fingerprint density at radius 3 is 2.37 bits per heavy atom. The molecule has 5 rings (SSSR count). The first-order chi connectivity index (χ1) is 14.7. The number of fused-ring (bicyclic) bond motifs is 1. The van der Waals surface area contributed by atoms with Crippen LogP contribution in [0.25, 0.3) is 0 Å². The Labute approximate surface area is 180 Å². The van der Waals surface area contributed by atoms with Gasteiger partial charge in [0, 0.05) is 48.9 Å². The highest BCUT2D eigenvalue weighted by atomic mass is 16.3. The lowest BCUT2D eigenvalue weighted by Crippen LogP contribution is -2.57. The molecule has 1 aromatic carbocycles. The summed E-state index contributed by atoms with van der Waals surface area (Å²) in [4.78, 5) is 12.1. The van der Waals surface area contributed by atoms with Crippen LogP contribution in [-0.4, -0.2) is 32.6 Å². The summed E-state index contributed by atoms with van der Waals surface area (Å²) in [6.45, 7) is 1.83. The molecule has 4 heteroatoms. The van der Waals surface area contributed by atoms with Crippen LogP contribution in [0, 0.1) is 5.92 Å². The minimum atomic E-state index is -0.690. The Kier molecular flexibility index (Phi) is 5.88. The molecule has 0 radical (unpaired) electrons. The number of aliphatic hydroxyl groups is 1. The summed E-state index contributed by atoms with van der Waals surface area (Å²) in [7, 11) is 0. The topological polar surface area (TPSA) is 49.2 Å². The first-order valence-corrected chi connectivity index (χ1v) is 12.1. The van der Waals surface area contributed by atoms with Gasteiger partial charge in [-0.05, 0) is 37.7 Å². The number of rotatable bonds is 4. The summed E-state index contributed by atoms with van der Waals surface area (Å²) in [6, 6.07) is 10.8. The lowest BCUT2D eigenvalue weighted by Gasteiger charge is -2.52. The van der Waals surface area contributed by atoms with E-state index < -0.39 is 5.60 Å². The molecule has 2 aromatic rings. The Morgan fingerprint density at radius 1 is 0.900 bits per heavy atom. The van der Waals surface area contributed by atoms with Crippen molar-refractivity contribution in [2.24, 2.45) is 5.92 Å². The molecule has 0 spiro atoms. The number of nitrogens with zero attached hydrogens (tertiary/aromatic N) is 3. The molecule has 0 unspecified atom stereocenters. The van der Waals surface area contributed by atoms with E-state index in [1.54, 1.807) is 0 Å². The van der Waals surface area contributed by atoms with Gasteiger partial charge in [0.05, 0.1) is 5.60 Å². The molecule has 3 atom stereocenters. The molecule has 2 aliphatic carbocycles. The zero-order valence-electron chi connectivity index (χ0n) is 18.0. The zero-order valence-corrected chi connectivity index (χ0v) is 18.0. The molecule has 0 bridgehead atoms. The van der Waals surface area contributed by atoms with Gasteiger partial charge in [-0.25, -0.2) is 9.97 Å². The Balaban J connectivity index is 1.31. The van der Waals surface area contributed by atoms with E-state index in [9.17, 15) is 5.11 Å². The largest absolute Gasteiger partial charge is 0.385 e. The van der Waals surface area contributed by atoms with Gasteiger partial charge < -0.3 is 5.11 Å². The maximum atomic E-state index is 11.8. The molecule has 4 nitrogen and oxygen atoms in total. The molecule has 1 aliphatic heterocycles. The van der Waals surface area contributed by atoms with Gasteiger partial charge in [-0.2, -0.15) is 0 Å². The van der Waals surface area contributed by atoms with Crippen LogP contribution in [0.3, 0.4) is 0 Å². The average Bonchev–Trinajstić information content (AvgIpc) is 2.83. The number of hydrogen-bond donors (Lipinski definition) is 1. The lowest BCUT2D eigenvalue weighted by molar-refractivity contribution is -0.123. The van der Waals surface area contributed by atoms with Gasteiger partial charge in [-0.15, -0.1) is 0 Å². The van der Waals surface area contributed by atoms with E-state index >= 15 is 0 Å². The van der Waals surface area contributed by atoms with Gasteiger partial charge in [-0.1, -0.05) is 62.4 Å². The first kappa shape index (κ1) is 20.1. The van der Waals surface area contributed by atoms with Crippen molar-refractivity contribution in [3.8, 4) is 0 Å². The zero-order chi connectivity index (χ0) is 20.4. The van der Waals surface area contributed by atoms with Gasteiger partial charge >= 0.3 is 0 Å². The minimum Gasteiger partial charge on any atom is -0.385 e. The standard InChI is InChI=1S/C26H35N3O/c30-26(22-11-5-2-6-12-22)15-16-29(24-14-8-7-13-23(24)26)19-20-17-27-25(28-18-20)21-9-3-1-4-10-21/h2,5-6,11-12,17-18,21,23-24,30H,1,3-4,7-10,13-16,19H2/t23-,24+,26+/m0/s1. The average molecular weight is 406 g/mol. The van der Waals surface area contributed by atoms with Crippen LogP contribution in [0.15, 0.2) is 42.7 Å². The molecule has 1 saturated heterocycles. The summed E-state index contributed by atoms with van der Waals surface area (Å²) < 4.78 is 0. The van der Waals surface area contributed by atoms with Crippen LogP contribution in [0.4, 0.5) is 0 Å². The van der Waals surface area contributed by atoms with Crippen molar-refractivity contribution in [1.29, 1.82) is 0 Å². The predicted octanol–water partition coefficient (Wildman–Crippen LogP) is 5.18. The monoisotopic (exact) mass is 405 g/mol. The van der Waals surface area contributed by atoms with Crippen molar-refractivity contribution < 1.29 is 5.11 Å². The van der Waals surface area contributed by atoms with E-state index in [4.69, 9.17) is 9.97 Å². The molecule has 3 fully saturated rings. The van der Waals surface area contributed by atoms with Gasteiger partial charge in [0.1, 0.15) is 5.82 Å². The summed E-state index contributed by atoms with van der Waals surface area (Å²) >= 11 is 0. The maximum absolute atomic E-state index is 11.8. The number of benzene rings is 1. The summed E-state index contributed by atoms with van der Waals surface area (Å²) in [5.41, 5.74) is 1.62. The van der Waals surface area contributed by atoms with Crippen LogP contribution in [0.5, 0.6) is 0 Å². The maximum Gasteiger partial charge on any atom is 0.131 e. The van der Waals surface area contributed by atoms with Gasteiger partial charge in [-0.3, -0.25) is 4.90 Å². The molecular formula is C26H35N3O. The van der Waals surface area contributed by atoms with Crippen LogP contribution < -0.4 is 0 Å². The normalized spacial score (nSPS) is 30.7. The van der Waals surface area contributed by atoms with Crippen molar-refractivity contribution in [3.63, 3.8) is 0 Å². The molecule has 2 saturated carbocycles. The fraction of sp³-hybridized carbons (Fsp3) is 0.615. The third kappa shape index (κ3) is 3.92. The van der Waals surface area contributed by atoms with Crippen molar-refractivity contribution in [2.45, 2.75) is 88.3 Å². The molecule has 2 heterocycles. The smallest absolute Gasteiger partial charge is 0.131 e. The van der Waals surface area contributed by atoms with E-state index in [2.05, 4.69) is 41.6 Å². The second kappa shape index (κ2) is 8.76. The lowest BCUT2D eigenvalue weighted by atomic mass is 9.66. The van der Waals surface area contributed by atoms with E-state index in [1.165, 1.54) is 56.9 Å². The van der Waals surface area contributed by atoms with Crippen molar-refractivity contribution in [1.82, 2.24) is 14.9 Å². The highest BCUT2D eigenvalue weighted by Crippen LogP contribution is 2.47. The summed E-state index contributed by atoms with van der Waals surface area (Å²) in [6.07, 6.45) is 16.2. The van der Waals surface area contributed by atoms with Crippen LogP contribution in [-0.2, 0) is 12.1 Å². The molecule has 1 aromatic heterocycles. The van der Waals surface area contributed by atoms with Gasteiger partial charge in [0.25, 0.3) is 0 Å². The Bertz CT molecular complexity index is 818. The van der Waals surface area contributed by atoms with E-state index in [0.29, 0.717) is 17.9 Å². The third-order valence-corrected chi connectivity index (χ3v) is 7.95. The van der Waals surface area contributed by atoms with Crippen molar-refractivity contribution in [3.05, 3.63) is 59.7 Å². The SMILES string of the molecule is O[C@@]1(c2ccccc2)CCN(Cc2cnc(C3CCCCC3)nc2)[C@@H]2CCCC[C@@H]21. The highest BCUT2D eigenvalue weighted by Gasteiger charge is 2.48. The molecule has 30 heavy (non-hydrogen) atoms. The van der Waals surface area contributed by atoms with E-state index in [-0.39, 0.29) is 0 Å². The molecule has 3 aliphatic rings. The predicted molar refractivity (Wildman–Crippen MR) is 119 cm³/mol. The number of piperidine rings is 1. The van der Waals surface area contributed by atoms with Crippen molar-refractivity contribution >= 4 is 0 Å².